The Morgan fingerprint density at radius 1 is 1.14 bits per heavy atom. The smallest absolute Gasteiger partial charge is 0.228 e. The number of nitrogens with two attached hydrogens (primary N) is 1. The Morgan fingerprint density at radius 2 is 1.96 bits per heavy atom. The van der Waals surface area contributed by atoms with Crippen LogP contribution in [0.2, 0.25) is 5.02 Å². The van der Waals surface area contributed by atoms with Gasteiger partial charge in [0.2, 0.25) is 11.7 Å². The molecule has 1 aliphatic carbocycles. The van der Waals surface area contributed by atoms with E-state index >= 15 is 0 Å². The summed E-state index contributed by atoms with van der Waals surface area (Å²) in [5, 5.41) is 7.92. The fourth-order valence-corrected chi connectivity index (χ4v) is 3.55. The quantitative estimate of drug-likeness (QED) is 0.498. The van der Waals surface area contributed by atoms with E-state index in [2.05, 4.69) is 38.6 Å². The Morgan fingerprint density at radius 3 is 2.82 bits per heavy atom. The molecule has 144 valence electrons. The van der Waals surface area contributed by atoms with Gasteiger partial charge in [0.15, 0.2) is 5.96 Å². The zero-order valence-electron chi connectivity index (χ0n) is 15.5. The molecule has 0 saturated carbocycles. The van der Waals surface area contributed by atoms with Crippen molar-refractivity contribution in [3.63, 3.8) is 0 Å². The van der Waals surface area contributed by atoms with Crippen LogP contribution < -0.4 is 11.1 Å². The third-order valence-electron chi connectivity index (χ3n) is 4.84. The summed E-state index contributed by atoms with van der Waals surface area (Å²) in [6, 6.07) is 13.6. The molecule has 1 heterocycles. The van der Waals surface area contributed by atoms with E-state index in [0.717, 1.165) is 24.1 Å². The lowest BCUT2D eigenvalue weighted by atomic mass is 9.90. The third-order valence-corrected chi connectivity index (χ3v) is 5.09. The van der Waals surface area contributed by atoms with E-state index in [9.17, 15) is 0 Å². The monoisotopic (exact) mass is 395 g/mol. The molecule has 4 rings (SSSR count). The van der Waals surface area contributed by atoms with Gasteiger partial charge in [0.1, 0.15) is 0 Å². The number of guanidine groups is 1. The van der Waals surface area contributed by atoms with Gasteiger partial charge in [-0.3, -0.25) is 4.99 Å². The summed E-state index contributed by atoms with van der Waals surface area (Å²) in [6.45, 7) is 0.468. The summed E-state index contributed by atoms with van der Waals surface area (Å²) >= 11 is 5.90. The van der Waals surface area contributed by atoms with Gasteiger partial charge in [0.05, 0.1) is 6.54 Å². The number of anilines is 1. The Kier molecular flexibility index (Phi) is 5.58. The van der Waals surface area contributed by atoms with Crippen molar-refractivity contribution >= 4 is 23.2 Å². The van der Waals surface area contributed by atoms with Crippen molar-refractivity contribution in [2.24, 2.45) is 10.7 Å². The molecule has 1 aliphatic rings. The highest BCUT2D eigenvalue weighted by Crippen LogP contribution is 2.27. The Hall–Kier alpha value is -2.86. The summed E-state index contributed by atoms with van der Waals surface area (Å²) < 4.78 is 5.30. The molecule has 0 bridgehead atoms. The van der Waals surface area contributed by atoms with E-state index < -0.39 is 0 Å². The molecule has 7 heteroatoms. The van der Waals surface area contributed by atoms with E-state index in [1.165, 1.54) is 24.0 Å². The highest BCUT2D eigenvalue weighted by Gasteiger charge is 2.13. The van der Waals surface area contributed by atoms with Gasteiger partial charge >= 0.3 is 0 Å². The maximum absolute atomic E-state index is 6.07. The van der Waals surface area contributed by atoms with E-state index in [-0.39, 0.29) is 0 Å². The SMILES string of the molecule is NC(=NCCc1nc(-c2ccc(Cl)cc2)no1)Nc1cccc2c1CCCC2. The number of nitrogens with one attached hydrogen (secondary N) is 1. The number of hydrogen-bond donors (Lipinski definition) is 2. The molecule has 0 aliphatic heterocycles. The molecule has 6 nitrogen and oxygen atoms in total. The molecule has 0 spiro atoms. The minimum absolute atomic E-state index is 0.399. The van der Waals surface area contributed by atoms with Gasteiger partial charge in [-0.15, -0.1) is 0 Å². The molecular formula is C21H22ClN5O. The second-order valence-corrected chi connectivity index (χ2v) is 7.25. The van der Waals surface area contributed by atoms with Crippen LogP contribution in [0.25, 0.3) is 11.4 Å². The van der Waals surface area contributed by atoms with Crippen molar-refractivity contribution in [3.05, 3.63) is 64.5 Å². The van der Waals surface area contributed by atoms with Gasteiger partial charge in [0, 0.05) is 22.7 Å². The molecule has 3 aromatic rings. The summed E-state index contributed by atoms with van der Waals surface area (Å²) in [4.78, 5) is 8.79. The Balaban J connectivity index is 1.36. The van der Waals surface area contributed by atoms with E-state index in [1.54, 1.807) is 12.1 Å². The predicted octanol–water partition coefficient (Wildman–Crippen LogP) is 4.24. The molecule has 0 amide bonds. The maximum atomic E-state index is 6.07. The number of aromatic nitrogens is 2. The van der Waals surface area contributed by atoms with Gasteiger partial charge in [-0.05, 0) is 67.1 Å². The van der Waals surface area contributed by atoms with Crippen molar-refractivity contribution in [2.45, 2.75) is 32.1 Å². The third kappa shape index (κ3) is 4.34. The molecule has 0 fully saturated rings. The Labute approximate surface area is 168 Å². The van der Waals surface area contributed by atoms with Crippen LogP contribution in [-0.2, 0) is 19.3 Å². The molecule has 0 unspecified atom stereocenters. The van der Waals surface area contributed by atoms with Crippen molar-refractivity contribution < 1.29 is 4.52 Å². The standard InChI is InChI=1S/C21H22ClN5O/c22-16-10-8-15(9-11-16)20-26-19(28-27-20)12-13-24-21(23)25-18-7-3-5-14-4-1-2-6-17(14)18/h3,5,7-11H,1-2,4,6,12-13H2,(H3,23,24,25). The van der Waals surface area contributed by atoms with Crippen LogP contribution in [0.5, 0.6) is 0 Å². The second kappa shape index (κ2) is 8.44. The van der Waals surface area contributed by atoms with Crippen molar-refractivity contribution in [1.29, 1.82) is 0 Å². The van der Waals surface area contributed by atoms with Crippen molar-refractivity contribution in [2.75, 3.05) is 11.9 Å². The first-order valence-corrected chi connectivity index (χ1v) is 9.83. The van der Waals surface area contributed by atoms with E-state index in [4.69, 9.17) is 21.9 Å². The van der Waals surface area contributed by atoms with Gasteiger partial charge in [0.25, 0.3) is 0 Å². The van der Waals surface area contributed by atoms with E-state index in [0.29, 0.717) is 35.7 Å². The summed E-state index contributed by atoms with van der Waals surface area (Å²) in [6.07, 6.45) is 5.21. The second-order valence-electron chi connectivity index (χ2n) is 6.81. The average molecular weight is 396 g/mol. The van der Waals surface area contributed by atoms with Gasteiger partial charge in [-0.2, -0.15) is 4.98 Å². The minimum atomic E-state index is 0.399. The van der Waals surface area contributed by atoms with Crippen LogP contribution in [0.3, 0.4) is 0 Å². The zero-order valence-corrected chi connectivity index (χ0v) is 16.2. The number of aliphatic imine (C=N–C) groups is 1. The van der Waals surface area contributed by atoms with Crippen molar-refractivity contribution in [1.82, 2.24) is 10.1 Å². The first-order valence-electron chi connectivity index (χ1n) is 9.45. The van der Waals surface area contributed by atoms with Gasteiger partial charge < -0.3 is 15.6 Å². The molecular weight excluding hydrogens is 374 g/mol. The van der Waals surface area contributed by atoms with Crippen LogP contribution >= 0.6 is 11.6 Å². The van der Waals surface area contributed by atoms with Crippen LogP contribution in [0.4, 0.5) is 5.69 Å². The maximum Gasteiger partial charge on any atom is 0.228 e. The van der Waals surface area contributed by atoms with Crippen molar-refractivity contribution in [3.8, 4) is 11.4 Å². The highest BCUT2D eigenvalue weighted by atomic mass is 35.5. The lowest BCUT2D eigenvalue weighted by Crippen LogP contribution is -2.24. The molecule has 3 N–H and O–H groups in total. The molecule has 0 saturated heterocycles. The van der Waals surface area contributed by atoms with E-state index in [1.807, 2.05) is 12.1 Å². The number of aryl methyl sites for hydroxylation is 1. The number of benzene rings is 2. The topological polar surface area (TPSA) is 89.3 Å². The minimum Gasteiger partial charge on any atom is -0.370 e. The first-order chi connectivity index (χ1) is 13.7. The van der Waals surface area contributed by atoms with Crippen LogP contribution in [0.15, 0.2) is 52.0 Å². The fraction of sp³-hybridized carbons (Fsp3) is 0.286. The highest BCUT2D eigenvalue weighted by molar-refractivity contribution is 6.30. The fourth-order valence-electron chi connectivity index (χ4n) is 3.42. The number of halogens is 1. The predicted molar refractivity (Wildman–Crippen MR) is 112 cm³/mol. The van der Waals surface area contributed by atoms with Crippen LogP contribution in [0, 0.1) is 0 Å². The lowest BCUT2D eigenvalue weighted by Gasteiger charge is -2.19. The summed E-state index contributed by atoms with van der Waals surface area (Å²) in [5.74, 6) is 1.47. The normalized spacial score (nSPS) is 14.0. The molecule has 28 heavy (non-hydrogen) atoms. The zero-order chi connectivity index (χ0) is 19.3. The van der Waals surface area contributed by atoms with Crippen LogP contribution in [-0.4, -0.2) is 22.6 Å². The number of rotatable bonds is 5. The lowest BCUT2D eigenvalue weighted by molar-refractivity contribution is 0.380. The first kappa shape index (κ1) is 18.5. The summed E-state index contributed by atoms with van der Waals surface area (Å²) in [7, 11) is 0. The molecule has 1 aromatic heterocycles. The molecule has 0 radical (unpaired) electrons. The number of nitrogens with zero attached hydrogens (tertiary/aromatic N) is 3. The number of fused-ring (bicyclic) bond motifs is 1. The molecule has 2 aromatic carbocycles. The molecule has 0 atom stereocenters. The number of hydrogen-bond acceptors (Lipinski definition) is 4. The summed E-state index contributed by atoms with van der Waals surface area (Å²) in [5.41, 5.74) is 10.8. The van der Waals surface area contributed by atoms with Crippen LogP contribution in [0.1, 0.15) is 29.9 Å². The average Bonchev–Trinajstić information content (AvgIpc) is 3.18. The Bertz CT molecular complexity index is 981. The van der Waals surface area contributed by atoms with Gasteiger partial charge in [-0.25, -0.2) is 0 Å². The largest absolute Gasteiger partial charge is 0.370 e. The van der Waals surface area contributed by atoms with Gasteiger partial charge in [-0.1, -0.05) is 28.9 Å².